The molecule has 3 rings (SSSR count). The van der Waals surface area contributed by atoms with Crippen molar-refractivity contribution in [3.63, 3.8) is 0 Å². The number of hydrogen-bond donors (Lipinski definition) is 1. The van der Waals surface area contributed by atoms with E-state index in [0.29, 0.717) is 0 Å². The Hall–Kier alpha value is -1.97. The third-order valence-electron chi connectivity index (χ3n) is 3.41. The second-order valence-corrected chi connectivity index (χ2v) is 5.20. The highest BCUT2D eigenvalue weighted by atomic mass is 35.5. The molecule has 3 aromatic rings. The predicted molar refractivity (Wildman–Crippen MR) is 81.8 cm³/mol. The molecule has 0 saturated carbocycles. The maximum absolute atomic E-state index is 6.32. The summed E-state index contributed by atoms with van der Waals surface area (Å²) in [6, 6.07) is 11.6. The summed E-state index contributed by atoms with van der Waals surface area (Å²) in [6.45, 7) is 1.98. The maximum atomic E-state index is 6.32. The average molecular weight is 284 g/mol. The molecule has 0 radical (unpaired) electrons. The lowest BCUT2D eigenvalue weighted by molar-refractivity contribution is 0.872. The van der Waals surface area contributed by atoms with Gasteiger partial charge >= 0.3 is 0 Å². The van der Waals surface area contributed by atoms with Crippen LogP contribution < -0.4 is 5.73 Å². The maximum Gasteiger partial charge on any atom is 0.0890 e. The van der Waals surface area contributed by atoms with E-state index >= 15 is 0 Å². The third-order valence-corrected chi connectivity index (χ3v) is 3.81. The number of aromatic nitrogens is 2. The van der Waals surface area contributed by atoms with Crippen LogP contribution in [0.5, 0.6) is 0 Å². The Labute approximate surface area is 122 Å². The molecular weight excluding hydrogens is 270 g/mol. The van der Waals surface area contributed by atoms with Crippen molar-refractivity contribution in [1.82, 2.24) is 9.97 Å². The molecule has 0 aliphatic rings. The normalized spacial score (nSPS) is 12.6. The van der Waals surface area contributed by atoms with Crippen LogP contribution in [-0.4, -0.2) is 9.97 Å². The van der Waals surface area contributed by atoms with Crippen LogP contribution in [-0.2, 0) is 0 Å². The van der Waals surface area contributed by atoms with E-state index in [4.69, 9.17) is 17.3 Å². The molecule has 1 aromatic heterocycles. The molecule has 100 valence electrons. The van der Waals surface area contributed by atoms with Crippen LogP contribution in [0.15, 0.2) is 48.8 Å². The molecular formula is C16H14ClN3. The van der Waals surface area contributed by atoms with Gasteiger partial charge in [-0.15, -0.1) is 0 Å². The first-order valence-electron chi connectivity index (χ1n) is 6.37. The Morgan fingerprint density at radius 2 is 1.60 bits per heavy atom. The van der Waals surface area contributed by atoms with E-state index in [1.807, 2.05) is 43.3 Å². The number of halogens is 1. The van der Waals surface area contributed by atoms with Crippen LogP contribution in [0.2, 0.25) is 5.02 Å². The molecule has 1 unspecified atom stereocenters. The van der Waals surface area contributed by atoms with Crippen molar-refractivity contribution in [3.05, 3.63) is 70.5 Å². The highest BCUT2D eigenvalue weighted by Gasteiger charge is 2.11. The van der Waals surface area contributed by atoms with Gasteiger partial charge in [0.2, 0.25) is 0 Å². The minimum atomic E-state index is -0.223. The fourth-order valence-electron chi connectivity index (χ4n) is 2.17. The summed E-state index contributed by atoms with van der Waals surface area (Å²) in [4.78, 5) is 8.56. The van der Waals surface area contributed by atoms with Crippen molar-refractivity contribution in [1.29, 1.82) is 0 Å². The van der Waals surface area contributed by atoms with Gasteiger partial charge in [-0.05, 0) is 41.8 Å². The Morgan fingerprint density at radius 1 is 0.950 bits per heavy atom. The van der Waals surface area contributed by atoms with Gasteiger partial charge in [0.25, 0.3) is 0 Å². The van der Waals surface area contributed by atoms with E-state index in [0.717, 1.165) is 32.7 Å². The standard InChI is InChI=1S/C16H14ClN3/c1-10-2-3-11(8-13(10)17)16(18)12-4-5-14-15(9-12)20-7-6-19-14/h2-9,16H,18H2,1H3. The van der Waals surface area contributed by atoms with Crippen LogP contribution in [0, 0.1) is 6.92 Å². The van der Waals surface area contributed by atoms with Gasteiger partial charge in [0.15, 0.2) is 0 Å². The van der Waals surface area contributed by atoms with E-state index in [9.17, 15) is 0 Å². The van der Waals surface area contributed by atoms with E-state index in [1.54, 1.807) is 12.4 Å². The predicted octanol–water partition coefficient (Wildman–Crippen LogP) is 3.64. The van der Waals surface area contributed by atoms with E-state index < -0.39 is 0 Å². The molecule has 2 aromatic carbocycles. The second-order valence-electron chi connectivity index (χ2n) is 4.79. The molecule has 1 heterocycles. The summed E-state index contributed by atoms with van der Waals surface area (Å²) in [7, 11) is 0. The van der Waals surface area contributed by atoms with Crippen LogP contribution in [0.1, 0.15) is 22.7 Å². The summed E-state index contributed by atoms with van der Waals surface area (Å²) < 4.78 is 0. The lowest BCUT2D eigenvalue weighted by atomic mass is 9.98. The van der Waals surface area contributed by atoms with Crippen LogP contribution in [0.3, 0.4) is 0 Å². The van der Waals surface area contributed by atoms with Gasteiger partial charge in [0.1, 0.15) is 0 Å². The molecule has 0 aliphatic carbocycles. The molecule has 0 fully saturated rings. The first kappa shape index (κ1) is 13.0. The number of nitrogens with zero attached hydrogens (tertiary/aromatic N) is 2. The fourth-order valence-corrected chi connectivity index (χ4v) is 2.36. The van der Waals surface area contributed by atoms with Crippen molar-refractivity contribution < 1.29 is 0 Å². The number of benzene rings is 2. The molecule has 1 atom stereocenters. The molecule has 4 heteroatoms. The highest BCUT2D eigenvalue weighted by Crippen LogP contribution is 2.25. The zero-order chi connectivity index (χ0) is 14.1. The molecule has 3 nitrogen and oxygen atoms in total. The lowest BCUT2D eigenvalue weighted by Crippen LogP contribution is -2.12. The number of aryl methyl sites for hydroxylation is 1. The Kier molecular flexibility index (Phi) is 3.38. The van der Waals surface area contributed by atoms with Crippen LogP contribution >= 0.6 is 11.6 Å². The largest absolute Gasteiger partial charge is 0.320 e. The topological polar surface area (TPSA) is 51.8 Å². The SMILES string of the molecule is Cc1ccc(C(N)c2ccc3nccnc3c2)cc1Cl. The molecule has 2 N–H and O–H groups in total. The summed E-state index contributed by atoms with van der Waals surface area (Å²) in [5.74, 6) is 0. The molecule has 0 spiro atoms. The van der Waals surface area contributed by atoms with E-state index in [1.165, 1.54) is 0 Å². The van der Waals surface area contributed by atoms with Gasteiger partial charge in [-0.25, -0.2) is 0 Å². The number of fused-ring (bicyclic) bond motifs is 1. The van der Waals surface area contributed by atoms with Gasteiger partial charge in [-0.1, -0.05) is 29.8 Å². The second kappa shape index (κ2) is 5.19. The summed E-state index contributed by atoms with van der Waals surface area (Å²) in [6.07, 6.45) is 3.36. The fraction of sp³-hybridized carbons (Fsp3) is 0.125. The lowest BCUT2D eigenvalue weighted by Gasteiger charge is -2.14. The quantitative estimate of drug-likeness (QED) is 0.781. The first-order valence-corrected chi connectivity index (χ1v) is 6.75. The zero-order valence-corrected chi connectivity index (χ0v) is 11.8. The van der Waals surface area contributed by atoms with E-state index in [-0.39, 0.29) is 6.04 Å². The van der Waals surface area contributed by atoms with Crippen molar-refractivity contribution in [2.45, 2.75) is 13.0 Å². The minimum Gasteiger partial charge on any atom is -0.320 e. The number of rotatable bonds is 2. The number of nitrogens with two attached hydrogens (primary N) is 1. The van der Waals surface area contributed by atoms with Crippen LogP contribution in [0.25, 0.3) is 11.0 Å². The zero-order valence-electron chi connectivity index (χ0n) is 11.0. The van der Waals surface area contributed by atoms with Crippen molar-refractivity contribution in [2.24, 2.45) is 5.73 Å². The molecule has 0 bridgehead atoms. The van der Waals surface area contributed by atoms with Gasteiger partial charge in [0, 0.05) is 17.4 Å². The van der Waals surface area contributed by atoms with Gasteiger partial charge in [-0.2, -0.15) is 0 Å². The molecule has 20 heavy (non-hydrogen) atoms. The van der Waals surface area contributed by atoms with E-state index in [2.05, 4.69) is 9.97 Å². The van der Waals surface area contributed by atoms with Crippen molar-refractivity contribution >= 4 is 22.6 Å². The Bertz CT molecular complexity index is 771. The smallest absolute Gasteiger partial charge is 0.0890 e. The average Bonchev–Trinajstić information content (AvgIpc) is 2.49. The first-order chi connectivity index (χ1) is 9.65. The highest BCUT2D eigenvalue weighted by molar-refractivity contribution is 6.31. The van der Waals surface area contributed by atoms with Gasteiger partial charge in [-0.3, -0.25) is 9.97 Å². The minimum absolute atomic E-state index is 0.223. The third kappa shape index (κ3) is 2.38. The van der Waals surface area contributed by atoms with Gasteiger partial charge < -0.3 is 5.73 Å². The Balaban J connectivity index is 2.02. The molecule has 0 amide bonds. The van der Waals surface area contributed by atoms with Crippen molar-refractivity contribution in [3.8, 4) is 0 Å². The summed E-state index contributed by atoms with van der Waals surface area (Å²) in [5.41, 5.74) is 11.1. The van der Waals surface area contributed by atoms with Gasteiger partial charge in [0.05, 0.1) is 17.1 Å². The number of hydrogen-bond acceptors (Lipinski definition) is 3. The summed E-state index contributed by atoms with van der Waals surface area (Å²) in [5, 5.41) is 0.735. The molecule has 0 aliphatic heterocycles. The Morgan fingerprint density at radius 3 is 2.35 bits per heavy atom. The summed E-state index contributed by atoms with van der Waals surface area (Å²) >= 11 is 6.16. The molecule has 0 saturated heterocycles. The van der Waals surface area contributed by atoms with Crippen LogP contribution in [0.4, 0.5) is 0 Å². The monoisotopic (exact) mass is 283 g/mol. The van der Waals surface area contributed by atoms with Crippen molar-refractivity contribution in [2.75, 3.05) is 0 Å².